The summed E-state index contributed by atoms with van der Waals surface area (Å²) in [4.78, 5) is 14.5. The summed E-state index contributed by atoms with van der Waals surface area (Å²) in [6, 6.07) is 2.71. The standard InChI is InChI=1S/C11H18N4O3/c1-4-11(2,7-16)14-10-6-8(15(17)18)5-9(12-3)13-10/h5-6,16H,4,7H2,1-3H3,(H2,12,13,14). The molecule has 0 saturated carbocycles. The summed E-state index contributed by atoms with van der Waals surface area (Å²) in [7, 11) is 1.64. The van der Waals surface area contributed by atoms with Crippen LogP contribution in [-0.2, 0) is 0 Å². The number of hydrogen-bond donors (Lipinski definition) is 3. The van der Waals surface area contributed by atoms with Gasteiger partial charge in [-0.2, -0.15) is 0 Å². The van der Waals surface area contributed by atoms with Crippen LogP contribution in [0.5, 0.6) is 0 Å². The average Bonchev–Trinajstić information content (AvgIpc) is 2.38. The number of aromatic nitrogens is 1. The fourth-order valence-electron chi connectivity index (χ4n) is 1.36. The lowest BCUT2D eigenvalue weighted by atomic mass is 10.0. The zero-order chi connectivity index (χ0) is 13.8. The summed E-state index contributed by atoms with van der Waals surface area (Å²) in [5, 5.41) is 25.9. The van der Waals surface area contributed by atoms with Gasteiger partial charge in [0.1, 0.15) is 11.6 Å². The Bertz CT molecular complexity index is 432. The molecular weight excluding hydrogens is 236 g/mol. The minimum absolute atomic E-state index is 0.0479. The lowest BCUT2D eigenvalue weighted by molar-refractivity contribution is -0.384. The monoisotopic (exact) mass is 254 g/mol. The predicted molar refractivity (Wildman–Crippen MR) is 69.8 cm³/mol. The molecule has 0 amide bonds. The van der Waals surface area contributed by atoms with Gasteiger partial charge in [0, 0.05) is 7.05 Å². The third-order valence-corrected chi connectivity index (χ3v) is 2.84. The quantitative estimate of drug-likeness (QED) is 0.526. The molecule has 18 heavy (non-hydrogen) atoms. The van der Waals surface area contributed by atoms with E-state index in [0.717, 1.165) is 0 Å². The van der Waals surface area contributed by atoms with E-state index in [-0.39, 0.29) is 12.3 Å². The first kappa shape index (κ1) is 14.2. The van der Waals surface area contributed by atoms with Crippen LogP contribution >= 0.6 is 0 Å². The van der Waals surface area contributed by atoms with Crippen molar-refractivity contribution in [3.8, 4) is 0 Å². The summed E-state index contributed by atoms with van der Waals surface area (Å²) >= 11 is 0. The summed E-state index contributed by atoms with van der Waals surface area (Å²) in [6.07, 6.45) is 0.669. The molecule has 0 aliphatic carbocycles. The molecular formula is C11H18N4O3. The average molecular weight is 254 g/mol. The van der Waals surface area contributed by atoms with E-state index in [2.05, 4.69) is 15.6 Å². The molecule has 1 aromatic heterocycles. The van der Waals surface area contributed by atoms with Crippen molar-refractivity contribution in [1.29, 1.82) is 0 Å². The third-order valence-electron chi connectivity index (χ3n) is 2.84. The van der Waals surface area contributed by atoms with Crippen molar-refractivity contribution in [2.45, 2.75) is 25.8 Å². The van der Waals surface area contributed by atoms with Crippen molar-refractivity contribution in [3.63, 3.8) is 0 Å². The number of nitrogens with one attached hydrogen (secondary N) is 2. The maximum absolute atomic E-state index is 10.8. The van der Waals surface area contributed by atoms with Gasteiger partial charge in [-0.3, -0.25) is 10.1 Å². The maximum atomic E-state index is 10.8. The number of hydrogen-bond acceptors (Lipinski definition) is 6. The molecule has 0 aromatic carbocycles. The van der Waals surface area contributed by atoms with Crippen LogP contribution < -0.4 is 10.6 Å². The second-order valence-corrected chi connectivity index (χ2v) is 4.30. The molecule has 1 aromatic rings. The van der Waals surface area contributed by atoms with Crippen LogP contribution in [-0.4, -0.2) is 34.2 Å². The molecule has 0 spiro atoms. The largest absolute Gasteiger partial charge is 0.394 e. The van der Waals surface area contributed by atoms with Gasteiger partial charge in [-0.1, -0.05) is 6.92 Å². The summed E-state index contributed by atoms with van der Waals surface area (Å²) in [5.74, 6) is 0.773. The number of rotatable bonds is 6. The van der Waals surface area contributed by atoms with Crippen LogP contribution in [0.3, 0.4) is 0 Å². The molecule has 1 unspecified atom stereocenters. The topological polar surface area (TPSA) is 100 Å². The van der Waals surface area contributed by atoms with Crippen molar-refractivity contribution < 1.29 is 10.0 Å². The summed E-state index contributed by atoms with van der Waals surface area (Å²) in [5.41, 5.74) is -0.596. The Morgan fingerprint density at radius 2 is 2.11 bits per heavy atom. The fraction of sp³-hybridized carbons (Fsp3) is 0.545. The first-order valence-electron chi connectivity index (χ1n) is 5.67. The van der Waals surface area contributed by atoms with Crippen LogP contribution in [0.2, 0.25) is 0 Å². The predicted octanol–water partition coefficient (Wildman–Crippen LogP) is 1.60. The molecule has 0 bridgehead atoms. The van der Waals surface area contributed by atoms with Crippen molar-refractivity contribution in [1.82, 2.24) is 4.98 Å². The van der Waals surface area contributed by atoms with Gasteiger partial charge in [0.05, 0.1) is 29.2 Å². The Balaban J connectivity index is 3.08. The smallest absolute Gasteiger partial charge is 0.276 e. The minimum atomic E-state index is -0.548. The number of nitrogens with zero attached hydrogens (tertiary/aromatic N) is 2. The fourth-order valence-corrected chi connectivity index (χ4v) is 1.36. The zero-order valence-electron chi connectivity index (χ0n) is 10.7. The van der Waals surface area contributed by atoms with Crippen LogP contribution in [0.25, 0.3) is 0 Å². The van der Waals surface area contributed by atoms with E-state index in [9.17, 15) is 15.2 Å². The van der Waals surface area contributed by atoms with Crippen molar-refractivity contribution in [2.24, 2.45) is 0 Å². The van der Waals surface area contributed by atoms with Gasteiger partial charge in [0.25, 0.3) is 5.69 Å². The van der Waals surface area contributed by atoms with Gasteiger partial charge in [-0.15, -0.1) is 0 Å². The number of nitro groups is 1. The molecule has 0 aliphatic heterocycles. The highest BCUT2D eigenvalue weighted by molar-refractivity contribution is 5.55. The van der Waals surface area contributed by atoms with E-state index in [1.165, 1.54) is 12.1 Å². The van der Waals surface area contributed by atoms with Crippen molar-refractivity contribution >= 4 is 17.3 Å². The Kier molecular flexibility index (Phi) is 4.43. The molecule has 1 atom stereocenters. The highest BCUT2D eigenvalue weighted by Gasteiger charge is 2.22. The Morgan fingerprint density at radius 3 is 2.56 bits per heavy atom. The first-order chi connectivity index (χ1) is 8.44. The van der Waals surface area contributed by atoms with Crippen LogP contribution in [0.1, 0.15) is 20.3 Å². The number of anilines is 2. The first-order valence-corrected chi connectivity index (χ1v) is 5.67. The molecule has 3 N–H and O–H groups in total. The molecule has 0 aliphatic rings. The molecule has 0 fully saturated rings. The Morgan fingerprint density at radius 1 is 1.50 bits per heavy atom. The SMILES string of the molecule is CCC(C)(CO)Nc1cc([N+](=O)[O-])cc(NC)n1. The van der Waals surface area contributed by atoms with Gasteiger partial charge in [0.15, 0.2) is 0 Å². The van der Waals surface area contributed by atoms with Crippen molar-refractivity contribution in [3.05, 3.63) is 22.2 Å². The molecule has 0 saturated heterocycles. The van der Waals surface area contributed by atoms with Gasteiger partial charge in [-0.25, -0.2) is 4.98 Å². The van der Waals surface area contributed by atoms with E-state index < -0.39 is 10.5 Å². The Labute approximate surface area is 105 Å². The summed E-state index contributed by atoms with van der Waals surface area (Å²) in [6.45, 7) is 3.66. The molecule has 7 nitrogen and oxygen atoms in total. The van der Waals surface area contributed by atoms with Crippen LogP contribution in [0, 0.1) is 10.1 Å². The molecule has 7 heteroatoms. The highest BCUT2D eigenvalue weighted by Crippen LogP contribution is 2.23. The number of pyridine rings is 1. The van der Waals surface area contributed by atoms with Crippen molar-refractivity contribution in [2.75, 3.05) is 24.3 Å². The van der Waals surface area contributed by atoms with E-state index in [1.54, 1.807) is 7.05 Å². The Hall–Kier alpha value is -1.89. The molecule has 1 rings (SSSR count). The second-order valence-electron chi connectivity index (χ2n) is 4.30. The summed E-state index contributed by atoms with van der Waals surface area (Å²) < 4.78 is 0. The van der Waals surface area contributed by atoms with E-state index in [4.69, 9.17) is 0 Å². The lowest BCUT2D eigenvalue weighted by Gasteiger charge is -2.27. The lowest BCUT2D eigenvalue weighted by Crippen LogP contribution is -2.38. The molecule has 100 valence electrons. The van der Waals surface area contributed by atoms with Gasteiger partial charge < -0.3 is 15.7 Å². The zero-order valence-corrected chi connectivity index (χ0v) is 10.7. The van der Waals surface area contributed by atoms with E-state index >= 15 is 0 Å². The second kappa shape index (κ2) is 5.63. The number of aliphatic hydroxyl groups excluding tert-OH is 1. The maximum Gasteiger partial charge on any atom is 0.276 e. The third kappa shape index (κ3) is 3.30. The van der Waals surface area contributed by atoms with Gasteiger partial charge in [-0.05, 0) is 13.3 Å². The van der Waals surface area contributed by atoms with Gasteiger partial charge >= 0.3 is 0 Å². The normalized spacial score (nSPS) is 13.8. The van der Waals surface area contributed by atoms with Crippen LogP contribution in [0.15, 0.2) is 12.1 Å². The number of aliphatic hydroxyl groups is 1. The molecule has 0 radical (unpaired) electrons. The minimum Gasteiger partial charge on any atom is -0.394 e. The highest BCUT2D eigenvalue weighted by atomic mass is 16.6. The van der Waals surface area contributed by atoms with E-state index in [0.29, 0.717) is 18.1 Å². The van der Waals surface area contributed by atoms with Gasteiger partial charge in [0.2, 0.25) is 0 Å². The molecule has 1 heterocycles. The van der Waals surface area contributed by atoms with E-state index in [1.807, 2.05) is 13.8 Å². The van der Waals surface area contributed by atoms with Crippen LogP contribution in [0.4, 0.5) is 17.3 Å².